The summed E-state index contributed by atoms with van der Waals surface area (Å²) in [4.78, 5) is 10.8. The van der Waals surface area contributed by atoms with Crippen molar-refractivity contribution in [3.8, 4) is 0 Å². The molecule has 1 aliphatic heterocycles. The Balaban J connectivity index is 1.45. The average Bonchev–Trinajstić information content (AvgIpc) is 2.80. The van der Waals surface area contributed by atoms with Crippen molar-refractivity contribution >= 4 is 27.5 Å². The quantitative estimate of drug-likeness (QED) is 0.571. The lowest BCUT2D eigenvalue weighted by atomic mass is 10.2. The van der Waals surface area contributed by atoms with Crippen molar-refractivity contribution in [3.63, 3.8) is 0 Å². The van der Waals surface area contributed by atoms with Crippen LogP contribution in [0.1, 0.15) is 16.8 Å². The lowest BCUT2D eigenvalue weighted by molar-refractivity contribution is -0.137. The fraction of sp³-hybridized carbons (Fsp3) is 0.304. The number of piperazine rings is 1. The predicted octanol–water partition coefficient (Wildman–Crippen LogP) is 4.37. The summed E-state index contributed by atoms with van der Waals surface area (Å²) in [6, 6.07) is 13.2. The number of hydrogen-bond donors (Lipinski definition) is 1. The predicted molar refractivity (Wildman–Crippen MR) is 124 cm³/mol. The van der Waals surface area contributed by atoms with Crippen molar-refractivity contribution < 1.29 is 21.6 Å². The molecular formula is C23H24F3N5O2S. The second-order valence-electron chi connectivity index (χ2n) is 8.10. The smallest absolute Gasteiger partial charge is 0.354 e. The van der Waals surface area contributed by atoms with E-state index in [9.17, 15) is 21.6 Å². The largest absolute Gasteiger partial charge is 0.416 e. The number of benzene rings is 2. The van der Waals surface area contributed by atoms with Crippen LogP contribution in [-0.2, 0) is 16.2 Å². The van der Waals surface area contributed by atoms with Gasteiger partial charge in [0.1, 0.15) is 5.82 Å². The molecule has 1 aromatic heterocycles. The third-order valence-electron chi connectivity index (χ3n) is 5.53. The number of aromatic nitrogens is 2. The highest BCUT2D eigenvalue weighted by molar-refractivity contribution is 7.89. The van der Waals surface area contributed by atoms with E-state index in [0.29, 0.717) is 24.9 Å². The third-order valence-corrected chi connectivity index (χ3v) is 7.44. The fourth-order valence-electron chi connectivity index (χ4n) is 3.66. The van der Waals surface area contributed by atoms with Gasteiger partial charge in [-0.1, -0.05) is 17.7 Å². The molecule has 180 valence electrons. The standard InChI is InChI=1S/C23H24F3N5O2S/c1-16-3-7-19(8-4-16)28-22-27-17(2)15-21(29-22)30-11-13-31(14-12-30)34(32,33)20-9-5-18(6-10-20)23(24,25)26/h3-10,15H,11-14H2,1-2H3,(H,27,28,29). The first kappa shape index (κ1) is 24.0. The first-order chi connectivity index (χ1) is 16.0. The number of alkyl halides is 3. The highest BCUT2D eigenvalue weighted by Gasteiger charge is 2.32. The van der Waals surface area contributed by atoms with Crippen LogP contribution in [0.25, 0.3) is 0 Å². The van der Waals surface area contributed by atoms with Crippen molar-refractivity contribution in [2.75, 3.05) is 36.4 Å². The Hall–Kier alpha value is -3.18. The first-order valence-corrected chi connectivity index (χ1v) is 12.1. The molecule has 0 spiro atoms. The van der Waals surface area contributed by atoms with E-state index in [2.05, 4.69) is 15.3 Å². The molecule has 3 aromatic rings. The van der Waals surface area contributed by atoms with E-state index in [0.717, 1.165) is 41.2 Å². The van der Waals surface area contributed by atoms with Gasteiger partial charge in [-0.05, 0) is 50.2 Å². The maximum atomic E-state index is 12.9. The van der Waals surface area contributed by atoms with Crippen LogP contribution in [-0.4, -0.2) is 48.9 Å². The molecule has 1 saturated heterocycles. The Labute approximate surface area is 196 Å². The molecule has 1 fully saturated rings. The third kappa shape index (κ3) is 5.31. The number of sulfonamides is 1. The van der Waals surface area contributed by atoms with Gasteiger partial charge in [0, 0.05) is 43.6 Å². The number of nitrogens with zero attached hydrogens (tertiary/aromatic N) is 4. The summed E-state index contributed by atoms with van der Waals surface area (Å²) in [5, 5.41) is 3.19. The van der Waals surface area contributed by atoms with E-state index in [1.165, 1.54) is 4.31 Å². The Morgan fingerprint density at radius 1 is 0.882 bits per heavy atom. The van der Waals surface area contributed by atoms with E-state index in [1.54, 1.807) is 0 Å². The summed E-state index contributed by atoms with van der Waals surface area (Å²) in [5.41, 5.74) is 1.87. The average molecular weight is 492 g/mol. The zero-order valence-corrected chi connectivity index (χ0v) is 19.5. The van der Waals surface area contributed by atoms with Crippen LogP contribution >= 0.6 is 0 Å². The van der Waals surface area contributed by atoms with E-state index < -0.39 is 21.8 Å². The Morgan fingerprint density at radius 3 is 2.09 bits per heavy atom. The highest BCUT2D eigenvalue weighted by atomic mass is 32.2. The summed E-state index contributed by atoms with van der Waals surface area (Å²) in [6.07, 6.45) is -4.52. The summed E-state index contributed by atoms with van der Waals surface area (Å²) in [6.45, 7) is 5.01. The Morgan fingerprint density at radius 2 is 1.50 bits per heavy atom. The number of hydrogen-bond acceptors (Lipinski definition) is 6. The van der Waals surface area contributed by atoms with Crippen LogP contribution in [0, 0.1) is 13.8 Å². The Kier molecular flexibility index (Phi) is 6.50. The van der Waals surface area contributed by atoms with Gasteiger partial charge in [0.2, 0.25) is 16.0 Å². The van der Waals surface area contributed by atoms with Crippen molar-refractivity contribution in [1.29, 1.82) is 0 Å². The van der Waals surface area contributed by atoms with Gasteiger partial charge in [-0.3, -0.25) is 0 Å². The van der Waals surface area contributed by atoms with Gasteiger partial charge < -0.3 is 10.2 Å². The minimum Gasteiger partial charge on any atom is -0.354 e. The molecule has 0 saturated carbocycles. The molecule has 11 heteroatoms. The summed E-state index contributed by atoms with van der Waals surface area (Å²) >= 11 is 0. The zero-order valence-electron chi connectivity index (χ0n) is 18.7. The van der Waals surface area contributed by atoms with Gasteiger partial charge in [-0.15, -0.1) is 0 Å². The zero-order chi connectivity index (χ0) is 24.5. The van der Waals surface area contributed by atoms with Crippen LogP contribution in [0.5, 0.6) is 0 Å². The molecule has 0 radical (unpaired) electrons. The molecule has 7 nitrogen and oxygen atoms in total. The number of rotatable bonds is 5. The van der Waals surface area contributed by atoms with Crippen LogP contribution in [0.15, 0.2) is 59.5 Å². The topological polar surface area (TPSA) is 78.4 Å². The van der Waals surface area contributed by atoms with Gasteiger partial charge in [-0.2, -0.15) is 22.5 Å². The molecule has 0 aliphatic carbocycles. The van der Waals surface area contributed by atoms with Gasteiger partial charge in [-0.25, -0.2) is 13.4 Å². The van der Waals surface area contributed by atoms with Crippen LogP contribution in [0.2, 0.25) is 0 Å². The van der Waals surface area contributed by atoms with E-state index >= 15 is 0 Å². The number of halogens is 3. The van der Waals surface area contributed by atoms with Gasteiger partial charge >= 0.3 is 6.18 Å². The fourth-order valence-corrected chi connectivity index (χ4v) is 5.08. The minimum atomic E-state index is -4.52. The van der Waals surface area contributed by atoms with Crippen LogP contribution < -0.4 is 10.2 Å². The van der Waals surface area contributed by atoms with E-state index in [-0.39, 0.29) is 18.0 Å². The molecule has 4 rings (SSSR count). The van der Waals surface area contributed by atoms with Crippen LogP contribution in [0.3, 0.4) is 0 Å². The number of anilines is 3. The first-order valence-electron chi connectivity index (χ1n) is 10.6. The van der Waals surface area contributed by atoms with Crippen molar-refractivity contribution in [2.24, 2.45) is 0 Å². The van der Waals surface area contributed by atoms with Crippen LogP contribution in [0.4, 0.5) is 30.6 Å². The molecule has 0 amide bonds. The van der Waals surface area contributed by atoms with E-state index in [4.69, 9.17) is 0 Å². The van der Waals surface area contributed by atoms with Gasteiger partial charge in [0.25, 0.3) is 0 Å². The molecular weight excluding hydrogens is 467 g/mol. The summed E-state index contributed by atoms with van der Waals surface area (Å²) < 4.78 is 65.5. The molecule has 34 heavy (non-hydrogen) atoms. The molecule has 2 aromatic carbocycles. The van der Waals surface area contributed by atoms with Gasteiger partial charge in [0.15, 0.2) is 0 Å². The maximum absolute atomic E-state index is 12.9. The monoisotopic (exact) mass is 491 g/mol. The molecule has 1 N–H and O–H groups in total. The maximum Gasteiger partial charge on any atom is 0.416 e. The normalized spacial score (nSPS) is 15.4. The van der Waals surface area contributed by atoms with Crippen molar-refractivity contribution in [1.82, 2.24) is 14.3 Å². The van der Waals surface area contributed by atoms with Gasteiger partial charge in [0.05, 0.1) is 10.5 Å². The van der Waals surface area contributed by atoms with E-state index in [1.807, 2.05) is 49.1 Å². The molecule has 0 unspecified atom stereocenters. The number of nitrogens with one attached hydrogen (secondary N) is 1. The van der Waals surface area contributed by atoms with Crippen molar-refractivity contribution in [2.45, 2.75) is 24.9 Å². The second-order valence-corrected chi connectivity index (χ2v) is 10.0. The minimum absolute atomic E-state index is 0.156. The summed E-state index contributed by atoms with van der Waals surface area (Å²) in [5.74, 6) is 1.12. The number of aryl methyl sites for hydroxylation is 2. The second kappa shape index (κ2) is 9.22. The molecule has 0 bridgehead atoms. The SMILES string of the molecule is Cc1ccc(Nc2nc(C)cc(N3CCN(S(=O)(=O)c4ccc(C(F)(F)F)cc4)CC3)n2)cc1. The molecule has 0 atom stereocenters. The highest BCUT2D eigenvalue weighted by Crippen LogP contribution is 2.30. The lowest BCUT2D eigenvalue weighted by Gasteiger charge is -2.34. The van der Waals surface area contributed by atoms with Crippen molar-refractivity contribution in [3.05, 3.63) is 71.4 Å². The molecule has 2 heterocycles. The summed E-state index contributed by atoms with van der Waals surface area (Å²) in [7, 11) is -3.90. The molecule has 1 aliphatic rings. The Bertz CT molecular complexity index is 1260. The lowest BCUT2D eigenvalue weighted by Crippen LogP contribution is -2.49.